The number of nitrogens with zero attached hydrogens (tertiary/aromatic N) is 4. The second-order valence-corrected chi connectivity index (χ2v) is 6.70. The Morgan fingerprint density at radius 1 is 0.871 bits per heavy atom. The van der Waals surface area contributed by atoms with Crippen LogP contribution in [0, 0.1) is 0 Å². The van der Waals surface area contributed by atoms with Crippen LogP contribution >= 0.6 is 0 Å². The van der Waals surface area contributed by atoms with Crippen LogP contribution in [0.5, 0.6) is 0 Å². The van der Waals surface area contributed by atoms with Crippen molar-refractivity contribution >= 4 is 16.9 Å². The number of fused-ring (bicyclic) bond motifs is 1. The van der Waals surface area contributed by atoms with Gasteiger partial charge in [-0.25, -0.2) is 14.3 Å². The van der Waals surface area contributed by atoms with Crippen molar-refractivity contribution < 1.29 is 14.3 Å². The van der Waals surface area contributed by atoms with Crippen LogP contribution in [-0.4, -0.2) is 30.8 Å². The molecule has 0 radical (unpaired) electrons. The standard InChI is InChI=1S/C23H14N4O4/c28-21-17-12-6-7-13-18(17)24-19(14-8-2-1-3-9-14)27(21)23-26-25-20(31-23)15-10-4-5-11-16(15)22(29)30/h1-13H,(H,29,30). The van der Waals surface area contributed by atoms with Gasteiger partial charge < -0.3 is 9.52 Å². The molecule has 0 atom stereocenters. The highest BCUT2D eigenvalue weighted by Crippen LogP contribution is 2.26. The number of carboxylic acids is 1. The molecule has 0 aliphatic heterocycles. The van der Waals surface area contributed by atoms with E-state index in [1.165, 1.54) is 10.6 Å². The third-order valence-corrected chi connectivity index (χ3v) is 4.80. The molecule has 0 bridgehead atoms. The second-order valence-electron chi connectivity index (χ2n) is 6.70. The van der Waals surface area contributed by atoms with Crippen LogP contribution in [0.15, 0.2) is 88.1 Å². The molecule has 2 heterocycles. The average Bonchev–Trinajstić information content (AvgIpc) is 3.29. The molecular weight excluding hydrogens is 396 g/mol. The second kappa shape index (κ2) is 7.34. The third kappa shape index (κ3) is 3.16. The van der Waals surface area contributed by atoms with Gasteiger partial charge in [0, 0.05) is 5.56 Å². The molecule has 0 aliphatic rings. The number of benzene rings is 3. The molecule has 0 amide bonds. The Morgan fingerprint density at radius 3 is 2.39 bits per heavy atom. The lowest BCUT2D eigenvalue weighted by Crippen LogP contribution is -2.22. The molecule has 8 nitrogen and oxygen atoms in total. The molecule has 0 unspecified atom stereocenters. The number of para-hydroxylation sites is 1. The van der Waals surface area contributed by atoms with Crippen molar-refractivity contribution in [2.75, 3.05) is 0 Å². The van der Waals surface area contributed by atoms with E-state index in [1.807, 2.05) is 36.4 Å². The zero-order valence-corrected chi connectivity index (χ0v) is 16.0. The van der Waals surface area contributed by atoms with E-state index in [1.54, 1.807) is 36.4 Å². The Kier molecular flexibility index (Phi) is 4.37. The first-order valence-electron chi connectivity index (χ1n) is 9.37. The largest absolute Gasteiger partial charge is 0.478 e. The third-order valence-electron chi connectivity index (χ3n) is 4.80. The van der Waals surface area contributed by atoms with E-state index in [0.717, 1.165) is 0 Å². The minimum atomic E-state index is -1.12. The monoisotopic (exact) mass is 410 g/mol. The van der Waals surface area contributed by atoms with Gasteiger partial charge in [0.1, 0.15) is 0 Å². The SMILES string of the molecule is O=C(O)c1ccccc1-c1nnc(-n2c(-c3ccccc3)nc3ccccc3c2=O)o1. The summed E-state index contributed by atoms with van der Waals surface area (Å²) in [5.74, 6) is -0.789. The summed E-state index contributed by atoms with van der Waals surface area (Å²) in [6.45, 7) is 0. The van der Waals surface area contributed by atoms with E-state index in [2.05, 4.69) is 15.2 Å². The first-order valence-corrected chi connectivity index (χ1v) is 9.37. The average molecular weight is 410 g/mol. The Balaban J connectivity index is 1.76. The van der Waals surface area contributed by atoms with E-state index in [4.69, 9.17) is 4.42 Å². The quantitative estimate of drug-likeness (QED) is 0.480. The maximum Gasteiger partial charge on any atom is 0.336 e. The summed E-state index contributed by atoms with van der Waals surface area (Å²) in [6, 6.07) is 22.4. The number of aromatic carboxylic acids is 1. The minimum absolute atomic E-state index is 0.00734. The molecule has 0 aliphatic carbocycles. The molecule has 0 saturated heterocycles. The maximum atomic E-state index is 13.3. The molecule has 150 valence electrons. The van der Waals surface area contributed by atoms with Gasteiger partial charge in [-0.3, -0.25) is 4.79 Å². The fraction of sp³-hybridized carbons (Fsp3) is 0. The van der Waals surface area contributed by atoms with E-state index in [-0.39, 0.29) is 28.6 Å². The summed E-state index contributed by atoms with van der Waals surface area (Å²) < 4.78 is 7.02. The van der Waals surface area contributed by atoms with Gasteiger partial charge in [0.05, 0.1) is 22.0 Å². The van der Waals surface area contributed by atoms with Gasteiger partial charge in [-0.2, -0.15) is 0 Å². The zero-order valence-electron chi connectivity index (χ0n) is 16.0. The molecule has 0 saturated carbocycles. The van der Waals surface area contributed by atoms with Crippen molar-refractivity contribution in [1.29, 1.82) is 0 Å². The van der Waals surface area contributed by atoms with Gasteiger partial charge in [0.25, 0.3) is 11.4 Å². The summed E-state index contributed by atoms with van der Waals surface area (Å²) >= 11 is 0. The van der Waals surface area contributed by atoms with Gasteiger partial charge in [0.15, 0.2) is 5.82 Å². The number of hydrogen-bond acceptors (Lipinski definition) is 6. The van der Waals surface area contributed by atoms with Crippen LogP contribution in [0.1, 0.15) is 10.4 Å². The summed E-state index contributed by atoms with van der Waals surface area (Å²) in [5, 5.41) is 17.9. The lowest BCUT2D eigenvalue weighted by molar-refractivity contribution is 0.0697. The van der Waals surface area contributed by atoms with Gasteiger partial charge >= 0.3 is 12.0 Å². The molecule has 1 N–H and O–H groups in total. The van der Waals surface area contributed by atoms with Crippen molar-refractivity contribution in [2.45, 2.75) is 0 Å². The van der Waals surface area contributed by atoms with Gasteiger partial charge in [-0.1, -0.05) is 59.7 Å². The topological polar surface area (TPSA) is 111 Å². The van der Waals surface area contributed by atoms with E-state index >= 15 is 0 Å². The van der Waals surface area contributed by atoms with Gasteiger partial charge in [0.2, 0.25) is 0 Å². The predicted octanol–water partition coefficient (Wildman–Crippen LogP) is 3.80. The van der Waals surface area contributed by atoms with E-state index in [9.17, 15) is 14.7 Å². The Bertz CT molecular complexity index is 1490. The first-order chi connectivity index (χ1) is 15.1. The molecule has 2 aromatic heterocycles. The summed E-state index contributed by atoms with van der Waals surface area (Å²) in [7, 11) is 0. The molecule has 5 rings (SSSR count). The number of rotatable bonds is 4. The molecule has 31 heavy (non-hydrogen) atoms. The lowest BCUT2D eigenvalue weighted by atomic mass is 10.1. The smallest absolute Gasteiger partial charge is 0.336 e. The van der Waals surface area contributed by atoms with Gasteiger partial charge in [-0.05, 0) is 24.3 Å². The summed E-state index contributed by atoms with van der Waals surface area (Å²) in [4.78, 5) is 29.6. The van der Waals surface area contributed by atoms with Crippen molar-refractivity contribution in [3.63, 3.8) is 0 Å². The van der Waals surface area contributed by atoms with E-state index < -0.39 is 5.97 Å². The van der Waals surface area contributed by atoms with Crippen LogP contribution in [0.25, 0.3) is 39.8 Å². The zero-order chi connectivity index (χ0) is 21.4. The Hall–Kier alpha value is -4.59. The van der Waals surface area contributed by atoms with Gasteiger partial charge in [-0.15, -0.1) is 5.10 Å². The summed E-state index contributed by atoms with van der Waals surface area (Å²) in [5.41, 5.74) is 1.14. The lowest BCUT2D eigenvalue weighted by Gasteiger charge is -2.10. The van der Waals surface area contributed by atoms with Crippen LogP contribution < -0.4 is 5.56 Å². The fourth-order valence-electron chi connectivity index (χ4n) is 3.36. The number of carboxylic acid groups (broad SMARTS) is 1. The minimum Gasteiger partial charge on any atom is -0.478 e. The molecule has 8 heteroatoms. The van der Waals surface area contributed by atoms with Crippen molar-refractivity contribution in [3.8, 4) is 28.9 Å². The van der Waals surface area contributed by atoms with Crippen LogP contribution in [0.2, 0.25) is 0 Å². The van der Waals surface area contributed by atoms with Crippen molar-refractivity contribution in [2.24, 2.45) is 0 Å². The highest BCUT2D eigenvalue weighted by atomic mass is 16.4. The van der Waals surface area contributed by atoms with Crippen molar-refractivity contribution in [1.82, 2.24) is 19.7 Å². The normalized spacial score (nSPS) is 11.0. The predicted molar refractivity (Wildman–Crippen MR) is 113 cm³/mol. The maximum absolute atomic E-state index is 13.3. The van der Waals surface area contributed by atoms with Crippen LogP contribution in [-0.2, 0) is 0 Å². The van der Waals surface area contributed by atoms with Crippen molar-refractivity contribution in [3.05, 3.63) is 94.8 Å². The Morgan fingerprint density at radius 2 is 1.58 bits per heavy atom. The molecule has 0 fully saturated rings. The van der Waals surface area contributed by atoms with E-state index in [0.29, 0.717) is 22.3 Å². The fourth-order valence-corrected chi connectivity index (χ4v) is 3.36. The first kappa shape index (κ1) is 18.4. The Labute approximate surface area is 175 Å². The number of hydrogen-bond donors (Lipinski definition) is 1. The highest BCUT2D eigenvalue weighted by Gasteiger charge is 2.21. The molecular formula is C23H14N4O4. The molecule has 0 spiro atoms. The summed E-state index contributed by atoms with van der Waals surface area (Å²) in [6.07, 6.45) is 0. The number of aromatic nitrogens is 4. The molecule has 5 aromatic rings. The molecule has 3 aromatic carbocycles. The van der Waals surface area contributed by atoms with Crippen LogP contribution in [0.3, 0.4) is 0 Å². The van der Waals surface area contributed by atoms with Crippen LogP contribution in [0.4, 0.5) is 0 Å². The number of carbonyl (C=O) groups is 1. The highest BCUT2D eigenvalue weighted by molar-refractivity contribution is 5.94.